The van der Waals surface area contributed by atoms with E-state index in [-0.39, 0.29) is 0 Å². The Morgan fingerprint density at radius 1 is 1.06 bits per heavy atom. The second-order valence-electron chi connectivity index (χ2n) is 4.39. The fourth-order valence-corrected chi connectivity index (χ4v) is 2.12. The summed E-state index contributed by atoms with van der Waals surface area (Å²) in [5, 5.41) is 4.34. The van der Waals surface area contributed by atoms with Crippen LogP contribution in [-0.2, 0) is 0 Å². The van der Waals surface area contributed by atoms with Gasteiger partial charge in [-0.15, -0.1) is 0 Å². The number of hydrogen-bond donors (Lipinski definition) is 1. The first-order valence-electron chi connectivity index (χ1n) is 5.83. The number of nitrogen functional groups attached to an aromatic ring is 1. The van der Waals surface area contributed by atoms with Crippen LogP contribution in [0.4, 0.5) is 5.69 Å². The lowest BCUT2D eigenvalue weighted by Crippen LogP contribution is -2.02. The van der Waals surface area contributed by atoms with E-state index in [4.69, 9.17) is 5.73 Å². The van der Waals surface area contributed by atoms with Crippen molar-refractivity contribution < 1.29 is 0 Å². The highest BCUT2D eigenvalue weighted by Crippen LogP contribution is 2.26. The third-order valence-corrected chi connectivity index (χ3v) is 3.20. The van der Waals surface area contributed by atoms with Gasteiger partial charge in [0.25, 0.3) is 0 Å². The quantitative estimate of drug-likeness (QED) is 0.663. The van der Waals surface area contributed by atoms with Crippen LogP contribution in [0.3, 0.4) is 0 Å². The zero-order valence-electron chi connectivity index (χ0n) is 10.4. The molecule has 3 rings (SSSR count). The lowest BCUT2D eigenvalue weighted by molar-refractivity contribution is 0.925. The molecule has 0 unspecified atom stereocenters. The summed E-state index contributed by atoms with van der Waals surface area (Å²) >= 11 is 0. The molecule has 18 heavy (non-hydrogen) atoms. The Labute approximate surface area is 105 Å². The van der Waals surface area contributed by atoms with Crippen LogP contribution >= 0.6 is 0 Å². The van der Waals surface area contributed by atoms with Crippen LogP contribution in [0, 0.1) is 13.8 Å². The van der Waals surface area contributed by atoms with E-state index in [1.807, 2.05) is 41.8 Å². The van der Waals surface area contributed by atoms with E-state index < -0.39 is 0 Å². The van der Waals surface area contributed by atoms with Gasteiger partial charge in [-0.25, -0.2) is 9.50 Å². The molecule has 0 spiro atoms. The number of hydrogen-bond acceptors (Lipinski definition) is 3. The van der Waals surface area contributed by atoms with Gasteiger partial charge in [-0.2, -0.15) is 5.10 Å². The molecule has 4 heteroatoms. The molecule has 0 fully saturated rings. The largest absolute Gasteiger partial charge is 0.399 e. The summed E-state index contributed by atoms with van der Waals surface area (Å²) in [6.45, 7) is 4.08. The van der Waals surface area contributed by atoms with Crippen LogP contribution in [0.5, 0.6) is 0 Å². The number of rotatable bonds is 1. The van der Waals surface area contributed by atoms with E-state index in [0.717, 1.165) is 33.8 Å². The van der Waals surface area contributed by atoms with Crippen molar-refractivity contribution in [3.63, 3.8) is 0 Å². The molecule has 4 nitrogen and oxygen atoms in total. The summed E-state index contributed by atoms with van der Waals surface area (Å²) in [4.78, 5) is 4.51. The van der Waals surface area contributed by atoms with Crippen LogP contribution in [0.2, 0.25) is 0 Å². The average molecular weight is 238 g/mol. The Morgan fingerprint density at radius 3 is 2.50 bits per heavy atom. The standard InChI is InChI=1S/C14H14N4/c1-9-10(2)17-13-7-8-16-18(13)14(9)11-3-5-12(15)6-4-11/h3-8H,15H2,1-2H3. The van der Waals surface area contributed by atoms with E-state index in [1.54, 1.807) is 6.20 Å². The lowest BCUT2D eigenvalue weighted by Gasteiger charge is -2.11. The summed E-state index contributed by atoms with van der Waals surface area (Å²) < 4.78 is 1.87. The Bertz CT molecular complexity index is 710. The zero-order chi connectivity index (χ0) is 12.7. The van der Waals surface area contributed by atoms with Gasteiger partial charge in [-0.05, 0) is 31.5 Å². The first kappa shape index (κ1) is 10.8. The fraction of sp³-hybridized carbons (Fsp3) is 0.143. The van der Waals surface area contributed by atoms with Crippen LogP contribution in [0.15, 0.2) is 36.5 Å². The monoisotopic (exact) mass is 238 g/mol. The smallest absolute Gasteiger partial charge is 0.155 e. The van der Waals surface area contributed by atoms with Gasteiger partial charge in [-0.3, -0.25) is 0 Å². The van der Waals surface area contributed by atoms with Crippen molar-refractivity contribution in [3.8, 4) is 11.3 Å². The highest BCUT2D eigenvalue weighted by molar-refractivity contribution is 5.68. The summed E-state index contributed by atoms with van der Waals surface area (Å²) in [6, 6.07) is 9.74. The summed E-state index contributed by atoms with van der Waals surface area (Å²) in [5.74, 6) is 0. The lowest BCUT2D eigenvalue weighted by atomic mass is 10.1. The van der Waals surface area contributed by atoms with Gasteiger partial charge in [0.1, 0.15) is 0 Å². The molecule has 2 heterocycles. The average Bonchev–Trinajstić information content (AvgIpc) is 2.80. The normalized spacial score (nSPS) is 11.0. The maximum absolute atomic E-state index is 5.73. The van der Waals surface area contributed by atoms with Gasteiger partial charge in [-0.1, -0.05) is 12.1 Å². The summed E-state index contributed by atoms with van der Waals surface area (Å²) in [7, 11) is 0. The van der Waals surface area contributed by atoms with Crippen LogP contribution in [0.1, 0.15) is 11.3 Å². The molecule has 2 aromatic heterocycles. The van der Waals surface area contributed by atoms with Crippen LogP contribution in [0.25, 0.3) is 16.9 Å². The molecule has 90 valence electrons. The molecular formula is C14H14N4. The summed E-state index contributed by atoms with van der Waals surface area (Å²) in [6.07, 6.45) is 1.77. The predicted molar refractivity (Wildman–Crippen MR) is 72.3 cm³/mol. The van der Waals surface area contributed by atoms with Gasteiger partial charge < -0.3 is 5.73 Å². The van der Waals surface area contributed by atoms with Gasteiger partial charge in [0.05, 0.1) is 11.9 Å². The Hall–Kier alpha value is -2.36. The molecule has 0 aliphatic rings. The maximum Gasteiger partial charge on any atom is 0.155 e. The van der Waals surface area contributed by atoms with E-state index in [9.17, 15) is 0 Å². The van der Waals surface area contributed by atoms with Crippen molar-refractivity contribution >= 4 is 11.3 Å². The number of nitrogens with zero attached hydrogens (tertiary/aromatic N) is 3. The van der Waals surface area contributed by atoms with Crippen molar-refractivity contribution in [1.29, 1.82) is 0 Å². The fourth-order valence-electron chi connectivity index (χ4n) is 2.12. The number of aryl methyl sites for hydroxylation is 1. The van der Waals surface area contributed by atoms with Gasteiger partial charge in [0, 0.05) is 23.0 Å². The molecule has 0 aliphatic carbocycles. The minimum Gasteiger partial charge on any atom is -0.399 e. The highest BCUT2D eigenvalue weighted by atomic mass is 15.2. The number of anilines is 1. The van der Waals surface area contributed by atoms with E-state index in [1.165, 1.54) is 0 Å². The second-order valence-corrected chi connectivity index (χ2v) is 4.39. The van der Waals surface area contributed by atoms with Crippen molar-refractivity contribution in [3.05, 3.63) is 47.8 Å². The first-order chi connectivity index (χ1) is 8.66. The SMILES string of the molecule is Cc1nc2ccnn2c(-c2ccc(N)cc2)c1C. The number of aromatic nitrogens is 3. The topological polar surface area (TPSA) is 56.2 Å². The third kappa shape index (κ3) is 1.54. The number of nitrogens with two attached hydrogens (primary N) is 1. The molecule has 0 radical (unpaired) electrons. The van der Waals surface area contributed by atoms with Crippen molar-refractivity contribution in [1.82, 2.24) is 14.6 Å². The molecular weight excluding hydrogens is 224 g/mol. The molecule has 2 N–H and O–H groups in total. The van der Waals surface area contributed by atoms with Crippen molar-refractivity contribution in [2.24, 2.45) is 0 Å². The molecule has 1 aromatic carbocycles. The van der Waals surface area contributed by atoms with Gasteiger partial charge >= 0.3 is 0 Å². The predicted octanol–water partition coefficient (Wildman–Crippen LogP) is 2.60. The van der Waals surface area contributed by atoms with Crippen LogP contribution < -0.4 is 5.73 Å². The van der Waals surface area contributed by atoms with Gasteiger partial charge in [0.15, 0.2) is 5.65 Å². The van der Waals surface area contributed by atoms with E-state index >= 15 is 0 Å². The highest BCUT2D eigenvalue weighted by Gasteiger charge is 2.11. The van der Waals surface area contributed by atoms with E-state index in [0.29, 0.717) is 0 Å². The Balaban J connectivity index is 2.36. The first-order valence-corrected chi connectivity index (χ1v) is 5.83. The van der Waals surface area contributed by atoms with Gasteiger partial charge in [0.2, 0.25) is 0 Å². The van der Waals surface area contributed by atoms with Crippen molar-refractivity contribution in [2.45, 2.75) is 13.8 Å². The van der Waals surface area contributed by atoms with Crippen molar-refractivity contribution in [2.75, 3.05) is 5.73 Å². The molecule has 0 aliphatic heterocycles. The second kappa shape index (κ2) is 3.84. The number of benzene rings is 1. The molecule has 0 bridgehead atoms. The maximum atomic E-state index is 5.73. The summed E-state index contributed by atoms with van der Waals surface area (Å²) in [5.41, 5.74) is 11.7. The van der Waals surface area contributed by atoms with E-state index in [2.05, 4.69) is 17.0 Å². The molecule has 0 saturated heterocycles. The van der Waals surface area contributed by atoms with Crippen LogP contribution in [-0.4, -0.2) is 14.6 Å². The molecule has 0 saturated carbocycles. The zero-order valence-corrected chi connectivity index (χ0v) is 10.4. The molecule has 3 aromatic rings. The number of fused-ring (bicyclic) bond motifs is 1. The minimum absolute atomic E-state index is 0.763. The molecule has 0 atom stereocenters. The minimum atomic E-state index is 0.763. The Kier molecular flexibility index (Phi) is 2.30. The Morgan fingerprint density at radius 2 is 1.78 bits per heavy atom. The third-order valence-electron chi connectivity index (χ3n) is 3.20. The molecule has 0 amide bonds.